The molecule has 1 aliphatic carbocycles. The first-order valence-electron chi connectivity index (χ1n) is 6.67. The molecule has 1 aromatic heterocycles. The molecule has 4 heteroatoms. The van der Waals surface area contributed by atoms with Crippen molar-refractivity contribution >= 4 is 0 Å². The highest BCUT2D eigenvalue weighted by atomic mass is 15.3. The topological polar surface area (TPSA) is 47.1 Å². The fraction of sp³-hybridized carbons (Fsp3) is 0.769. The van der Waals surface area contributed by atoms with Crippen molar-refractivity contribution in [1.82, 2.24) is 14.7 Å². The Labute approximate surface area is 104 Å². The van der Waals surface area contributed by atoms with Crippen LogP contribution in [0.4, 0.5) is 0 Å². The van der Waals surface area contributed by atoms with Gasteiger partial charge in [0, 0.05) is 30.9 Å². The van der Waals surface area contributed by atoms with Crippen LogP contribution in [0.25, 0.3) is 0 Å². The lowest BCUT2D eigenvalue weighted by Gasteiger charge is -2.34. The molecule has 17 heavy (non-hydrogen) atoms. The van der Waals surface area contributed by atoms with Crippen molar-refractivity contribution in [2.75, 3.05) is 6.54 Å². The second-order valence-electron chi connectivity index (χ2n) is 5.03. The second-order valence-corrected chi connectivity index (χ2v) is 5.03. The second kappa shape index (κ2) is 5.19. The predicted octanol–water partition coefficient (Wildman–Crippen LogP) is 1.68. The monoisotopic (exact) mass is 236 g/mol. The van der Waals surface area contributed by atoms with Gasteiger partial charge in [0.05, 0.1) is 12.2 Å². The third kappa shape index (κ3) is 2.69. The highest BCUT2D eigenvalue weighted by Gasteiger charge is 2.36. The van der Waals surface area contributed by atoms with Gasteiger partial charge in [-0.15, -0.1) is 0 Å². The highest BCUT2D eigenvalue weighted by molar-refractivity contribution is 5.14. The number of aromatic nitrogens is 2. The SMILES string of the molecule is CCC(N)C(c1cnn(C)c1)N(CC)C1CC1. The van der Waals surface area contributed by atoms with Crippen LogP contribution in [-0.4, -0.2) is 33.3 Å². The van der Waals surface area contributed by atoms with Gasteiger partial charge in [0.1, 0.15) is 0 Å². The average Bonchev–Trinajstić information content (AvgIpc) is 3.08. The molecule has 1 aliphatic rings. The van der Waals surface area contributed by atoms with E-state index in [4.69, 9.17) is 5.73 Å². The maximum atomic E-state index is 6.32. The maximum absolute atomic E-state index is 6.32. The summed E-state index contributed by atoms with van der Waals surface area (Å²) in [5.74, 6) is 0. The Balaban J connectivity index is 2.23. The van der Waals surface area contributed by atoms with Crippen molar-refractivity contribution in [1.29, 1.82) is 0 Å². The van der Waals surface area contributed by atoms with Crippen LogP contribution < -0.4 is 5.73 Å². The van der Waals surface area contributed by atoms with Crippen molar-refractivity contribution in [3.63, 3.8) is 0 Å². The fourth-order valence-electron chi connectivity index (χ4n) is 2.59. The molecule has 0 saturated heterocycles. The number of nitrogens with zero attached hydrogens (tertiary/aromatic N) is 3. The highest BCUT2D eigenvalue weighted by Crippen LogP contribution is 2.35. The Bertz CT molecular complexity index is 356. The third-order valence-electron chi connectivity index (χ3n) is 3.68. The molecule has 1 saturated carbocycles. The van der Waals surface area contributed by atoms with E-state index in [-0.39, 0.29) is 6.04 Å². The first-order chi connectivity index (χ1) is 8.17. The number of hydrogen-bond donors (Lipinski definition) is 1. The fourth-order valence-corrected chi connectivity index (χ4v) is 2.59. The van der Waals surface area contributed by atoms with Crippen LogP contribution in [0.1, 0.15) is 44.7 Å². The molecule has 2 unspecified atom stereocenters. The van der Waals surface area contributed by atoms with E-state index in [1.807, 2.05) is 17.9 Å². The van der Waals surface area contributed by atoms with Crippen LogP contribution in [0.3, 0.4) is 0 Å². The minimum absolute atomic E-state index is 0.194. The summed E-state index contributed by atoms with van der Waals surface area (Å²) in [5, 5.41) is 4.29. The lowest BCUT2D eigenvalue weighted by Crippen LogP contribution is -2.41. The molecule has 0 bridgehead atoms. The lowest BCUT2D eigenvalue weighted by atomic mass is 9.99. The lowest BCUT2D eigenvalue weighted by molar-refractivity contribution is 0.168. The first kappa shape index (κ1) is 12.6. The molecule has 96 valence electrons. The molecule has 0 aliphatic heterocycles. The van der Waals surface area contributed by atoms with Gasteiger partial charge in [-0.2, -0.15) is 5.10 Å². The van der Waals surface area contributed by atoms with Crippen molar-refractivity contribution in [3.8, 4) is 0 Å². The van der Waals surface area contributed by atoms with Crippen LogP contribution in [0, 0.1) is 0 Å². The normalized spacial score (nSPS) is 19.6. The van der Waals surface area contributed by atoms with Gasteiger partial charge in [-0.25, -0.2) is 0 Å². The van der Waals surface area contributed by atoms with E-state index < -0.39 is 0 Å². The zero-order valence-corrected chi connectivity index (χ0v) is 11.1. The summed E-state index contributed by atoms with van der Waals surface area (Å²) in [5.41, 5.74) is 7.58. The minimum atomic E-state index is 0.194. The Morgan fingerprint density at radius 3 is 2.65 bits per heavy atom. The molecular formula is C13H24N4. The van der Waals surface area contributed by atoms with E-state index in [1.165, 1.54) is 18.4 Å². The van der Waals surface area contributed by atoms with Crippen LogP contribution >= 0.6 is 0 Å². The van der Waals surface area contributed by atoms with Crippen molar-refractivity contribution in [2.45, 2.75) is 51.2 Å². The number of hydrogen-bond acceptors (Lipinski definition) is 3. The number of rotatable bonds is 6. The van der Waals surface area contributed by atoms with Crippen LogP contribution in [0.2, 0.25) is 0 Å². The largest absolute Gasteiger partial charge is 0.326 e. The zero-order valence-electron chi connectivity index (χ0n) is 11.1. The average molecular weight is 236 g/mol. The molecule has 2 atom stereocenters. The first-order valence-corrected chi connectivity index (χ1v) is 6.67. The van der Waals surface area contributed by atoms with Crippen molar-refractivity contribution < 1.29 is 0 Å². The number of aryl methyl sites for hydroxylation is 1. The Morgan fingerprint density at radius 1 is 1.53 bits per heavy atom. The summed E-state index contributed by atoms with van der Waals surface area (Å²) in [6.45, 7) is 5.46. The maximum Gasteiger partial charge on any atom is 0.0538 e. The van der Waals surface area contributed by atoms with Crippen LogP contribution in [0.15, 0.2) is 12.4 Å². The van der Waals surface area contributed by atoms with E-state index in [0.717, 1.165) is 19.0 Å². The van der Waals surface area contributed by atoms with E-state index >= 15 is 0 Å². The van der Waals surface area contributed by atoms with Gasteiger partial charge in [-0.05, 0) is 25.8 Å². The van der Waals surface area contributed by atoms with Crippen molar-refractivity contribution in [3.05, 3.63) is 18.0 Å². The van der Waals surface area contributed by atoms with Gasteiger partial charge in [-0.3, -0.25) is 9.58 Å². The molecule has 1 heterocycles. The smallest absolute Gasteiger partial charge is 0.0538 e. The van der Waals surface area contributed by atoms with E-state index in [9.17, 15) is 0 Å². The number of nitrogens with two attached hydrogens (primary N) is 1. The molecule has 0 spiro atoms. The van der Waals surface area contributed by atoms with E-state index in [1.54, 1.807) is 0 Å². The Kier molecular flexibility index (Phi) is 3.84. The Morgan fingerprint density at radius 2 is 2.24 bits per heavy atom. The predicted molar refractivity (Wildman–Crippen MR) is 69.6 cm³/mol. The standard InChI is InChI=1S/C13H24N4/c1-4-12(14)13(10-8-15-16(3)9-10)17(5-2)11-6-7-11/h8-9,11-13H,4-7,14H2,1-3H3. The summed E-state index contributed by atoms with van der Waals surface area (Å²) in [6, 6.07) is 1.26. The quantitative estimate of drug-likeness (QED) is 0.817. The molecule has 0 radical (unpaired) electrons. The van der Waals surface area contributed by atoms with Crippen LogP contribution in [-0.2, 0) is 7.05 Å². The van der Waals surface area contributed by atoms with Gasteiger partial charge in [0.2, 0.25) is 0 Å². The third-order valence-corrected chi connectivity index (χ3v) is 3.68. The molecule has 0 aromatic carbocycles. The molecule has 1 fully saturated rings. The van der Waals surface area contributed by atoms with E-state index in [2.05, 4.69) is 30.0 Å². The molecule has 2 rings (SSSR count). The summed E-state index contributed by atoms with van der Waals surface area (Å²) >= 11 is 0. The van der Waals surface area contributed by atoms with Crippen LogP contribution in [0.5, 0.6) is 0 Å². The van der Waals surface area contributed by atoms with E-state index in [0.29, 0.717) is 6.04 Å². The summed E-state index contributed by atoms with van der Waals surface area (Å²) in [7, 11) is 1.96. The molecule has 4 nitrogen and oxygen atoms in total. The summed E-state index contributed by atoms with van der Waals surface area (Å²) in [4.78, 5) is 2.55. The van der Waals surface area contributed by atoms with Gasteiger partial charge in [0.15, 0.2) is 0 Å². The summed E-state index contributed by atoms with van der Waals surface area (Å²) < 4.78 is 1.87. The molecule has 0 amide bonds. The molecular weight excluding hydrogens is 212 g/mol. The molecule has 2 N–H and O–H groups in total. The van der Waals surface area contributed by atoms with Gasteiger partial charge in [0.25, 0.3) is 0 Å². The Hall–Kier alpha value is -0.870. The number of likely N-dealkylation sites (N-methyl/N-ethyl adjacent to an activating group) is 1. The minimum Gasteiger partial charge on any atom is -0.326 e. The van der Waals surface area contributed by atoms with Gasteiger partial charge < -0.3 is 5.73 Å². The van der Waals surface area contributed by atoms with Gasteiger partial charge in [-0.1, -0.05) is 13.8 Å². The van der Waals surface area contributed by atoms with Crippen molar-refractivity contribution in [2.24, 2.45) is 12.8 Å². The van der Waals surface area contributed by atoms with Gasteiger partial charge >= 0.3 is 0 Å². The summed E-state index contributed by atoms with van der Waals surface area (Å²) in [6.07, 6.45) is 7.71. The zero-order chi connectivity index (χ0) is 12.4. The molecule has 1 aromatic rings.